The van der Waals surface area contributed by atoms with E-state index in [2.05, 4.69) is 5.32 Å². The molecule has 0 saturated heterocycles. The topological polar surface area (TPSA) is 62.8 Å². The van der Waals surface area contributed by atoms with Crippen LogP contribution in [0.5, 0.6) is 0 Å². The monoisotopic (exact) mass is 484 g/mol. The highest BCUT2D eigenvalue weighted by Gasteiger charge is 2.14. The molecule has 0 atom stereocenters. The molecule has 5 rings (SSSR count). The molecule has 1 amide bonds. The zero-order valence-corrected chi connectivity index (χ0v) is 19.7. The summed E-state index contributed by atoms with van der Waals surface area (Å²) >= 11 is 6.28. The number of para-hydroxylation sites is 3. The minimum absolute atomic E-state index is 0.127. The van der Waals surface area contributed by atoms with E-state index in [0.29, 0.717) is 11.6 Å². The van der Waals surface area contributed by atoms with E-state index in [-0.39, 0.29) is 11.5 Å². The van der Waals surface area contributed by atoms with Crippen LogP contribution in [0.4, 0.5) is 10.1 Å². The molecule has 0 aliphatic carbocycles. The third-order valence-corrected chi connectivity index (χ3v) is 6.25. The van der Waals surface area contributed by atoms with E-state index in [9.17, 15) is 9.18 Å². The Kier molecular flexibility index (Phi) is 5.97. The lowest BCUT2D eigenvalue weighted by Crippen LogP contribution is -2.24. The Hall–Kier alpha value is -4.16. The normalized spacial score (nSPS) is 11.1. The number of hydrogen-bond donors (Lipinski definition) is 2. The molecule has 7 heteroatoms. The third-order valence-electron chi connectivity index (χ3n) is 5.90. The van der Waals surface area contributed by atoms with Crippen molar-refractivity contribution in [2.75, 3.05) is 5.32 Å². The van der Waals surface area contributed by atoms with E-state index >= 15 is 0 Å². The number of carbonyl (C=O) groups excluding carboxylic acids is 1. The molecule has 0 spiro atoms. The van der Waals surface area contributed by atoms with E-state index in [0.717, 1.165) is 39.1 Å². The lowest BCUT2D eigenvalue weighted by molar-refractivity contribution is -0.114. The number of anilines is 1. The molecule has 5 nitrogen and oxygen atoms in total. The smallest absolute Gasteiger partial charge is 0.221 e. The van der Waals surface area contributed by atoms with Gasteiger partial charge in [-0.3, -0.25) is 14.8 Å². The lowest BCUT2D eigenvalue weighted by Gasteiger charge is -2.11. The van der Waals surface area contributed by atoms with Gasteiger partial charge >= 0.3 is 0 Å². The van der Waals surface area contributed by atoms with Crippen molar-refractivity contribution in [3.05, 3.63) is 113 Å². The molecule has 0 radical (unpaired) electrons. The summed E-state index contributed by atoms with van der Waals surface area (Å²) in [5, 5.41) is 12.2. The summed E-state index contributed by atoms with van der Waals surface area (Å²) in [4.78, 5) is 11.6. The lowest BCUT2D eigenvalue weighted by atomic mass is 10.0. The zero-order chi connectivity index (χ0) is 24.5. The van der Waals surface area contributed by atoms with Crippen LogP contribution in [-0.4, -0.2) is 15.0 Å². The summed E-state index contributed by atoms with van der Waals surface area (Å²) in [5.41, 5.74) is 6.20. The van der Waals surface area contributed by atoms with Gasteiger partial charge < -0.3 is 9.88 Å². The maximum Gasteiger partial charge on any atom is 0.221 e. The van der Waals surface area contributed by atoms with Gasteiger partial charge in [0.1, 0.15) is 5.82 Å². The summed E-state index contributed by atoms with van der Waals surface area (Å²) < 4.78 is 17.3. The molecule has 0 bridgehead atoms. The van der Waals surface area contributed by atoms with Gasteiger partial charge in [0.2, 0.25) is 11.5 Å². The van der Waals surface area contributed by atoms with Crippen LogP contribution < -0.4 is 10.9 Å². The summed E-state index contributed by atoms with van der Waals surface area (Å²) in [6.45, 7) is 1.83. The van der Waals surface area contributed by atoms with Crippen LogP contribution >= 0.6 is 11.6 Å². The maximum absolute atomic E-state index is 13.5. The van der Waals surface area contributed by atoms with Crippen molar-refractivity contribution in [3.63, 3.8) is 0 Å². The predicted octanol–water partition coefficient (Wildman–Crippen LogP) is 6.38. The largest absolute Gasteiger partial charge is 0.326 e. The third kappa shape index (κ3) is 4.36. The van der Waals surface area contributed by atoms with Gasteiger partial charge in [-0.05, 0) is 53.6 Å². The van der Waals surface area contributed by atoms with Crippen LogP contribution in [-0.2, 0) is 11.3 Å². The molecule has 2 N–H and O–H groups in total. The molecule has 0 aliphatic rings. The highest BCUT2D eigenvalue weighted by atomic mass is 35.5. The van der Waals surface area contributed by atoms with Gasteiger partial charge in [-0.25, -0.2) is 4.39 Å². The number of amides is 1. The fraction of sp³-hybridized carbons (Fsp3) is 0.0714. The van der Waals surface area contributed by atoms with E-state index in [4.69, 9.17) is 17.0 Å². The first-order valence-electron chi connectivity index (χ1n) is 11.1. The number of halogens is 2. The van der Waals surface area contributed by atoms with Crippen molar-refractivity contribution in [2.45, 2.75) is 13.5 Å². The molecule has 0 aliphatic heterocycles. The number of nitrogens with one attached hydrogen (secondary N) is 2. The summed E-state index contributed by atoms with van der Waals surface area (Å²) in [6.07, 6.45) is 0. The summed E-state index contributed by atoms with van der Waals surface area (Å²) in [6, 6.07) is 27.6. The first-order chi connectivity index (χ1) is 16.9. The van der Waals surface area contributed by atoms with Gasteiger partial charge in [0.15, 0.2) is 0 Å². The number of aromatic nitrogens is 2. The molecule has 4 aromatic carbocycles. The Morgan fingerprint density at radius 1 is 0.943 bits per heavy atom. The molecule has 1 aromatic heterocycles. The molecule has 35 heavy (non-hydrogen) atoms. The molecule has 0 saturated carbocycles. The molecule has 1 heterocycles. The highest BCUT2D eigenvalue weighted by Crippen LogP contribution is 2.29. The first-order valence-corrected chi connectivity index (χ1v) is 11.5. The van der Waals surface area contributed by atoms with Crippen molar-refractivity contribution in [1.82, 2.24) is 9.13 Å². The SMILES string of the molecule is CC(=O)Nc1ccccc1-c1ccc(-n2c(=N)n(Cc3ccc(F)cc3Cl)c3ccccc32)cc1. The Morgan fingerprint density at radius 2 is 1.63 bits per heavy atom. The molecule has 174 valence electrons. The minimum Gasteiger partial charge on any atom is -0.326 e. The number of benzene rings is 4. The first kappa shape index (κ1) is 22.6. The van der Waals surface area contributed by atoms with Crippen molar-refractivity contribution in [2.24, 2.45) is 0 Å². The van der Waals surface area contributed by atoms with Crippen LogP contribution in [0.25, 0.3) is 27.8 Å². The molecular formula is C28H22ClFN4O. The van der Waals surface area contributed by atoms with E-state index in [1.165, 1.54) is 19.1 Å². The van der Waals surface area contributed by atoms with Gasteiger partial charge in [0, 0.05) is 28.9 Å². The molecular weight excluding hydrogens is 463 g/mol. The number of rotatable bonds is 5. The Morgan fingerprint density at radius 3 is 2.34 bits per heavy atom. The standard InChI is InChI=1S/C28H22ClFN4O/c1-18(35)32-25-7-3-2-6-23(25)19-11-14-22(15-12-19)34-27-9-5-4-8-26(27)33(28(34)31)17-20-10-13-21(30)16-24(20)29/h2-16,31H,17H2,1H3,(H,32,35). The second-order valence-electron chi connectivity index (χ2n) is 8.24. The van der Waals surface area contributed by atoms with Crippen molar-refractivity contribution < 1.29 is 9.18 Å². The van der Waals surface area contributed by atoms with Crippen molar-refractivity contribution in [3.8, 4) is 16.8 Å². The fourth-order valence-corrected chi connectivity index (χ4v) is 4.52. The van der Waals surface area contributed by atoms with Gasteiger partial charge in [-0.2, -0.15) is 0 Å². The van der Waals surface area contributed by atoms with E-state index < -0.39 is 5.82 Å². The average Bonchev–Trinajstić information content (AvgIpc) is 3.12. The zero-order valence-electron chi connectivity index (χ0n) is 18.9. The van der Waals surface area contributed by atoms with Crippen molar-refractivity contribution in [1.29, 1.82) is 5.41 Å². The van der Waals surface area contributed by atoms with Gasteiger partial charge in [-0.1, -0.05) is 60.1 Å². The number of imidazole rings is 1. The van der Waals surface area contributed by atoms with Crippen LogP contribution in [0, 0.1) is 11.2 Å². The second-order valence-corrected chi connectivity index (χ2v) is 8.65. The molecule has 5 aromatic rings. The van der Waals surface area contributed by atoms with Crippen molar-refractivity contribution >= 4 is 34.2 Å². The summed E-state index contributed by atoms with van der Waals surface area (Å²) in [5.74, 6) is -0.519. The second kappa shape index (κ2) is 9.24. The number of hydrogen-bond acceptors (Lipinski definition) is 2. The van der Waals surface area contributed by atoms with Gasteiger partial charge in [0.25, 0.3) is 0 Å². The number of carbonyl (C=O) groups is 1. The van der Waals surface area contributed by atoms with Crippen LogP contribution in [0.3, 0.4) is 0 Å². The van der Waals surface area contributed by atoms with Crippen LogP contribution in [0.15, 0.2) is 91.0 Å². The van der Waals surface area contributed by atoms with E-state index in [1.54, 1.807) is 6.07 Å². The predicted molar refractivity (Wildman–Crippen MR) is 137 cm³/mol. The Labute approximate surface area is 206 Å². The maximum atomic E-state index is 13.5. The van der Waals surface area contributed by atoms with Crippen LogP contribution in [0.2, 0.25) is 5.02 Å². The quantitative estimate of drug-likeness (QED) is 0.299. The molecule has 0 fully saturated rings. The minimum atomic E-state index is -0.391. The highest BCUT2D eigenvalue weighted by molar-refractivity contribution is 6.31. The number of fused-ring (bicyclic) bond motifs is 1. The number of nitrogens with zero attached hydrogens (tertiary/aromatic N) is 2. The Bertz CT molecular complexity index is 1620. The van der Waals surface area contributed by atoms with E-state index in [1.807, 2.05) is 81.9 Å². The molecule has 0 unspecified atom stereocenters. The van der Waals surface area contributed by atoms with Crippen LogP contribution in [0.1, 0.15) is 12.5 Å². The Balaban J connectivity index is 1.58. The van der Waals surface area contributed by atoms with Gasteiger partial charge in [-0.15, -0.1) is 0 Å². The summed E-state index contributed by atoms with van der Waals surface area (Å²) in [7, 11) is 0. The fourth-order valence-electron chi connectivity index (χ4n) is 4.30. The average molecular weight is 485 g/mol. The van der Waals surface area contributed by atoms with Gasteiger partial charge in [0.05, 0.1) is 17.6 Å².